The van der Waals surface area contributed by atoms with Gasteiger partial charge in [-0.2, -0.15) is 0 Å². The molecule has 0 fully saturated rings. The van der Waals surface area contributed by atoms with E-state index in [1.807, 2.05) is 38.1 Å². The zero-order valence-corrected chi connectivity index (χ0v) is 10.3. The van der Waals surface area contributed by atoms with Crippen molar-refractivity contribution in [2.45, 2.75) is 26.9 Å². The third kappa shape index (κ3) is 2.50. The summed E-state index contributed by atoms with van der Waals surface area (Å²) in [5, 5.41) is 9.52. The molecule has 1 atom stereocenters. The molecule has 3 nitrogen and oxygen atoms in total. The Balaban J connectivity index is 2.41. The number of aliphatic hydroxyl groups excluding tert-OH is 1. The Morgan fingerprint density at radius 3 is 2.29 bits per heavy atom. The number of hydrogen-bond donors (Lipinski definition) is 1. The van der Waals surface area contributed by atoms with Gasteiger partial charge in [0.05, 0.1) is 6.10 Å². The summed E-state index contributed by atoms with van der Waals surface area (Å²) in [6.45, 7) is 5.66. The molecule has 1 heterocycles. The van der Waals surface area contributed by atoms with E-state index in [0.717, 1.165) is 16.8 Å². The van der Waals surface area contributed by atoms with Gasteiger partial charge in [-0.05, 0) is 20.8 Å². The number of aliphatic hydroxyl groups is 1. The molecule has 1 aromatic heterocycles. The zero-order chi connectivity index (χ0) is 12.4. The van der Waals surface area contributed by atoms with Crippen LogP contribution >= 0.6 is 0 Å². The second kappa shape index (κ2) is 4.63. The average Bonchev–Trinajstić information content (AvgIpc) is 2.29. The van der Waals surface area contributed by atoms with Crippen LogP contribution in [0.25, 0.3) is 11.4 Å². The summed E-state index contributed by atoms with van der Waals surface area (Å²) in [7, 11) is 0. The Labute approximate surface area is 101 Å². The van der Waals surface area contributed by atoms with Crippen molar-refractivity contribution in [3.05, 3.63) is 47.3 Å². The smallest absolute Gasteiger partial charge is 0.159 e. The molecule has 0 radical (unpaired) electrons. The molecule has 0 aliphatic rings. The summed E-state index contributed by atoms with van der Waals surface area (Å²) < 4.78 is 0. The molecule has 0 bridgehead atoms. The van der Waals surface area contributed by atoms with Gasteiger partial charge in [0.1, 0.15) is 0 Å². The van der Waals surface area contributed by atoms with Gasteiger partial charge in [-0.1, -0.05) is 29.8 Å². The summed E-state index contributed by atoms with van der Waals surface area (Å²) >= 11 is 0. The van der Waals surface area contributed by atoms with E-state index in [9.17, 15) is 5.11 Å². The fraction of sp³-hybridized carbons (Fsp3) is 0.286. The maximum absolute atomic E-state index is 9.52. The highest BCUT2D eigenvalue weighted by Crippen LogP contribution is 2.19. The minimum absolute atomic E-state index is 0.526. The normalized spacial score (nSPS) is 12.5. The van der Waals surface area contributed by atoms with E-state index < -0.39 is 6.10 Å². The Hall–Kier alpha value is -1.74. The van der Waals surface area contributed by atoms with Gasteiger partial charge in [-0.15, -0.1) is 0 Å². The van der Waals surface area contributed by atoms with Crippen LogP contribution in [0.3, 0.4) is 0 Å². The first kappa shape index (κ1) is 11.7. The minimum Gasteiger partial charge on any atom is -0.389 e. The molecule has 1 unspecified atom stereocenters. The molecule has 0 spiro atoms. The summed E-state index contributed by atoms with van der Waals surface area (Å²) in [5.41, 5.74) is 3.81. The molecule has 0 saturated heterocycles. The van der Waals surface area contributed by atoms with E-state index >= 15 is 0 Å². The number of benzene rings is 1. The van der Waals surface area contributed by atoms with Crippen molar-refractivity contribution in [1.82, 2.24) is 9.97 Å². The van der Waals surface area contributed by atoms with Gasteiger partial charge < -0.3 is 5.11 Å². The summed E-state index contributed by atoms with van der Waals surface area (Å²) in [4.78, 5) is 8.71. The van der Waals surface area contributed by atoms with Crippen molar-refractivity contribution >= 4 is 0 Å². The molecule has 0 aliphatic carbocycles. The first-order valence-corrected chi connectivity index (χ1v) is 5.66. The number of rotatable bonds is 2. The highest BCUT2D eigenvalue weighted by atomic mass is 16.3. The predicted molar refractivity (Wildman–Crippen MR) is 67.6 cm³/mol. The van der Waals surface area contributed by atoms with Gasteiger partial charge >= 0.3 is 0 Å². The van der Waals surface area contributed by atoms with E-state index in [1.165, 1.54) is 5.56 Å². The second-order valence-electron chi connectivity index (χ2n) is 4.28. The SMILES string of the molecule is Cc1ccc(-c2ncc(C(C)O)c(C)n2)cc1. The lowest BCUT2D eigenvalue weighted by Crippen LogP contribution is -2.01. The Bertz CT molecular complexity index is 518. The van der Waals surface area contributed by atoms with Crippen molar-refractivity contribution in [2.24, 2.45) is 0 Å². The van der Waals surface area contributed by atoms with Gasteiger partial charge in [0.2, 0.25) is 0 Å². The maximum atomic E-state index is 9.52. The van der Waals surface area contributed by atoms with Gasteiger partial charge in [0.15, 0.2) is 5.82 Å². The van der Waals surface area contributed by atoms with Crippen LogP contribution in [-0.2, 0) is 0 Å². The Morgan fingerprint density at radius 1 is 1.12 bits per heavy atom. The standard InChI is InChI=1S/C14H16N2O/c1-9-4-6-12(7-5-9)14-15-8-13(11(3)17)10(2)16-14/h4-8,11,17H,1-3H3. The lowest BCUT2D eigenvalue weighted by molar-refractivity contribution is 0.197. The molecule has 2 rings (SSSR count). The number of nitrogens with zero attached hydrogens (tertiary/aromatic N) is 2. The number of hydrogen-bond acceptors (Lipinski definition) is 3. The van der Waals surface area contributed by atoms with Crippen molar-refractivity contribution in [3.8, 4) is 11.4 Å². The molecule has 1 N–H and O–H groups in total. The van der Waals surface area contributed by atoms with E-state index in [2.05, 4.69) is 9.97 Å². The van der Waals surface area contributed by atoms with Gasteiger partial charge in [-0.3, -0.25) is 0 Å². The third-order valence-corrected chi connectivity index (χ3v) is 2.78. The summed E-state index contributed by atoms with van der Waals surface area (Å²) in [6, 6.07) is 8.09. The van der Waals surface area contributed by atoms with Gasteiger partial charge in [-0.25, -0.2) is 9.97 Å². The molecule has 0 aliphatic heterocycles. The number of aromatic nitrogens is 2. The Morgan fingerprint density at radius 2 is 1.76 bits per heavy atom. The summed E-state index contributed by atoms with van der Waals surface area (Å²) in [6.07, 6.45) is 1.17. The molecular formula is C14H16N2O. The molecule has 88 valence electrons. The second-order valence-corrected chi connectivity index (χ2v) is 4.28. The van der Waals surface area contributed by atoms with Crippen LogP contribution in [0.15, 0.2) is 30.5 Å². The highest BCUT2D eigenvalue weighted by molar-refractivity contribution is 5.55. The zero-order valence-electron chi connectivity index (χ0n) is 10.3. The minimum atomic E-state index is -0.526. The lowest BCUT2D eigenvalue weighted by Gasteiger charge is -2.09. The van der Waals surface area contributed by atoms with Gasteiger partial charge in [0.25, 0.3) is 0 Å². The molecule has 0 saturated carbocycles. The van der Waals surface area contributed by atoms with Crippen molar-refractivity contribution < 1.29 is 5.11 Å². The molecule has 0 amide bonds. The monoisotopic (exact) mass is 228 g/mol. The fourth-order valence-electron chi connectivity index (χ4n) is 1.73. The molecule has 17 heavy (non-hydrogen) atoms. The fourth-order valence-corrected chi connectivity index (χ4v) is 1.73. The van der Waals surface area contributed by atoms with Crippen molar-refractivity contribution in [3.63, 3.8) is 0 Å². The van der Waals surface area contributed by atoms with Gasteiger partial charge in [0, 0.05) is 23.0 Å². The van der Waals surface area contributed by atoms with Crippen LogP contribution in [-0.4, -0.2) is 15.1 Å². The molecular weight excluding hydrogens is 212 g/mol. The van der Waals surface area contributed by atoms with Crippen LogP contribution < -0.4 is 0 Å². The van der Waals surface area contributed by atoms with Crippen LogP contribution in [0.4, 0.5) is 0 Å². The first-order valence-electron chi connectivity index (χ1n) is 5.66. The Kier molecular flexibility index (Phi) is 3.20. The van der Waals surface area contributed by atoms with Crippen LogP contribution in [0.1, 0.15) is 29.8 Å². The lowest BCUT2D eigenvalue weighted by atomic mass is 10.1. The largest absolute Gasteiger partial charge is 0.389 e. The van der Waals surface area contributed by atoms with Crippen molar-refractivity contribution in [1.29, 1.82) is 0 Å². The summed E-state index contributed by atoms with van der Waals surface area (Å²) in [5.74, 6) is 0.701. The van der Waals surface area contributed by atoms with Crippen LogP contribution in [0.5, 0.6) is 0 Å². The van der Waals surface area contributed by atoms with E-state index in [4.69, 9.17) is 0 Å². The van der Waals surface area contributed by atoms with E-state index in [-0.39, 0.29) is 0 Å². The quantitative estimate of drug-likeness (QED) is 0.859. The van der Waals surface area contributed by atoms with Crippen LogP contribution in [0, 0.1) is 13.8 Å². The van der Waals surface area contributed by atoms with E-state index in [0.29, 0.717) is 5.82 Å². The molecule has 3 heteroatoms. The highest BCUT2D eigenvalue weighted by Gasteiger charge is 2.08. The maximum Gasteiger partial charge on any atom is 0.159 e. The third-order valence-electron chi connectivity index (χ3n) is 2.78. The molecule has 2 aromatic rings. The average molecular weight is 228 g/mol. The van der Waals surface area contributed by atoms with E-state index in [1.54, 1.807) is 13.1 Å². The van der Waals surface area contributed by atoms with Crippen LogP contribution in [0.2, 0.25) is 0 Å². The predicted octanol–water partition coefficient (Wildman–Crippen LogP) is 2.81. The first-order chi connectivity index (χ1) is 8.08. The molecule has 1 aromatic carbocycles. The van der Waals surface area contributed by atoms with Crippen molar-refractivity contribution in [2.75, 3.05) is 0 Å². The topological polar surface area (TPSA) is 46.0 Å². The number of aryl methyl sites for hydroxylation is 2.